The molecule has 0 bridgehead atoms. The summed E-state index contributed by atoms with van der Waals surface area (Å²) in [6.45, 7) is 0.550. The SMILES string of the molecule is CN(CCc1ccncc1)C(=O)c1nc(C(=O)NC2CCCC2)c2ccccn12. The Morgan fingerprint density at radius 1 is 1.17 bits per heavy atom. The van der Waals surface area contributed by atoms with Gasteiger partial charge in [0.1, 0.15) is 0 Å². The molecule has 1 aliphatic carbocycles. The second-order valence-corrected chi connectivity index (χ2v) is 7.53. The topological polar surface area (TPSA) is 79.6 Å². The maximum atomic E-state index is 13.1. The van der Waals surface area contributed by atoms with Gasteiger partial charge < -0.3 is 10.2 Å². The molecule has 150 valence electrons. The molecule has 7 nitrogen and oxygen atoms in total. The fourth-order valence-electron chi connectivity index (χ4n) is 3.80. The zero-order chi connectivity index (χ0) is 20.2. The Kier molecular flexibility index (Phi) is 5.55. The molecule has 3 aromatic heterocycles. The summed E-state index contributed by atoms with van der Waals surface area (Å²) in [5.74, 6) is -0.159. The van der Waals surface area contributed by atoms with E-state index in [0.717, 1.165) is 37.7 Å². The number of fused-ring (bicyclic) bond motifs is 1. The van der Waals surface area contributed by atoms with E-state index in [1.807, 2.05) is 30.3 Å². The van der Waals surface area contributed by atoms with Crippen LogP contribution >= 0.6 is 0 Å². The van der Waals surface area contributed by atoms with E-state index in [9.17, 15) is 9.59 Å². The summed E-state index contributed by atoms with van der Waals surface area (Å²) in [7, 11) is 1.76. The zero-order valence-electron chi connectivity index (χ0n) is 16.5. The van der Waals surface area contributed by atoms with Gasteiger partial charge in [0.25, 0.3) is 11.8 Å². The lowest BCUT2D eigenvalue weighted by atomic mass is 10.2. The van der Waals surface area contributed by atoms with E-state index in [1.165, 1.54) is 0 Å². The molecule has 1 aliphatic rings. The first-order valence-electron chi connectivity index (χ1n) is 10.1. The van der Waals surface area contributed by atoms with Gasteiger partial charge in [-0.25, -0.2) is 4.98 Å². The van der Waals surface area contributed by atoms with E-state index >= 15 is 0 Å². The van der Waals surface area contributed by atoms with Crippen LogP contribution in [0, 0.1) is 0 Å². The van der Waals surface area contributed by atoms with Gasteiger partial charge >= 0.3 is 0 Å². The molecule has 3 aromatic rings. The molecule has 2 amide bonds. The molecule has 0 aliphatic heterocycles. The van der Waals surface area contributed by atoms with Gasteiger partial charge in [0.15, 0.2) is 5.69 Å². The number of likely N-dealkylation sites (N-methyl/N-ethyl adjacent to an activating group) is 1. The molecule has 4 rings (SSSR count). The first-order valence-corrected chi connectivity index (χ1v) is 10.1. The van der Waals surface area contributed by atoms with Crippen molar-refractivity contribution in [3.8, 4) is 0 Å². The molecule has 7 heteroatoms. The van der Waals surface area contributed by atoms with Crippen molar-refractivity contribution in [1.29, 1.82) is 0 Å². The van der Waals surface area contributed by atoms with E-state index in [0.29, 0.717) is 17.8 Å². The Bertz CT molecular complexity index is 1010. The monoisotopic (exact) mass is 391 g/mol. The maximum absolute atomic E-state index is 13.1. The van der Waals surface area contributed by atoms with E-state index in [2.05, 4.69) is 15.3 Å². The highest BCUT2D eigenvalue weighted by atomic mass is 16.2. The number of nitrogens with zero attached hydrogens (tertiary/aromatic N) is 4. The van der Waals surface area contributed by atoms with Gasteiger partial charge in [0.05, 0.1) is 5.52 Å². The second kappa shape index (κ2) is 8.43. The summed E-state index contributed by atoms with van der Waals surface area (Å²) >= 11 is 0. The number of aromatic nitrogens is 3. The average molecular weight is 391 g/mol. The Morgan fingerprint density at radius 2 is 1.93 bits per heavy atom. The van der Waals surface area contributed by atoms with Gasteiger partial charge in [-0.15, -0.1) is 0 Å². The third-order valence-electron chi connectivity index (χ3n) is 5.48. The van der Waals surface area contributed by atoms with Gasteiger partial charge in [-0.1, -0.05) is 18.9 Å². The lowest BCUT2D eigenvalue weighted by molar-refractivity contribution is 0.0784. The van der Waals surface area contributed by atoms with Crippen LogP contribution in [0.15, 0.2) is 48.9 Å². The van der Waals surface area contributed by atoms with Crippen LogP contribution in [0.4, 0.5) is 0 Å². The Morgan fingerprint density at radius 3 is 2.69 bits per heavy atom. The fraction of sp³-hybridized carbons (Fsp3) is 0.364. The number of nitrogens with one attached hydrogen (secondary N) is 1. The van der Waals surface area contributed by atoms with Crippen LogP contribution in [0.3, 0.4) is 0 Å². The van der Waals surface area contributed by atoms with E-state index in [1.54, 1.807) is 34.9 Å². The number of hydrogen-bond acceptors (Lipinski definition) is 4. The van der Waals surface area contributed by atoms with Crippen molar-refractivity contribution in [2.24, 2.45) is 0 Å². The van der Waals surface area contributed by atoms with Gasteiger partial charge in [-0.05, 0) is 49.1 Å². The number of pyridine rings is 2. The zero-order valence-corrected chi connectivity index (χ0v) is 16.5. The van der Waals surface area contributed by atoms with Crippen LogP contribution in [0.1, 0.15) is 52.4 Å². The Balaban J connectivity index is 1.54. The highest BCUT2D eigenvalue weighted by Gasteiger charge is 2.25. The summed E-state index contributed by atoms with van der Waals surface area (Å²) in [6, 6.07) is 9.59. The minimum Gasteiger partial charge on any atom is -0.348 e. The first-order chi connectivity index (χ1) is 14.1. The fourth-order valence-corrected chi connectivity index (χ4v) is 3.80. The highest BCUT2D eigenvalue weighted by Crippen LogP contribution is 2.20. The molecule has 1 fully saturated rings. The normalized spacial score (nSPS) is 14.2. The largest absolute Gasteiger partial charge is 0.348 e. The molecule has 0 aromatic carbocycles. The summed E-state index contributed by atoms with van der Waals surface area (Å²) in [5, 5.41) is 3.07. The molecule has 0 unspecified atom stereocenters. The molecular formula is C22H25N5O2. The molecular weight excluding hydrogens is 366 g/mol. The molecule has 0 spiro atoms. The molecule has 0 atom stereocenters. The van der Waals surface area contributed by atoms with Crippen molar-refractivity contribution in [2.45, 2.75) is 38.1 Å². The summed E-state index contributed by atoms with van der Waals surface area (Å²) in [6.07, 6.45) is 10.3. The molecule has 29 heavy (non-hydrogen) atoms. The van der Waals surface area contributed by atoms with Crippen LogP contribution < -0.4 is 5.32 Å². The van der Waals surface area contributed by atoms with Gasteiger partial charge in [-0.3, -0.25) is 19.0 Å². The van der Waals surface area contributed by atoms with Crippen molar-refractivity contribution >= 4 is 17.3 Å². The summed E-state index contributed by atoms with van der Waals surface area (Å²) in [5.41, 5.74) is 2.07. The lowest BCUT2D eigenvalue weighted by Gasteiger charge is -2.16. The Hall–Kier alpha value is -3.22. The smallest absolute Gasteiger partial charge is 0.290 e. The molecule has 3 heterocycles. The highest BCUT2D eigenvalue weighted by molar-refractivity contribution is 6.02. The molecule has 0 saturated heterocycles. The maximum Gasteiger partial charge on any atom is 0.290 e. The third-order valence-corrected chi connectivity index (χ3v) is 5.48. The molecule has 1 saturated carbocycles. The van der Waals surface area contributed by atoms with Crippen LogP contribution in [0.5, 0.6) is 0 Å². The van der Waals surface area contributed by atoms with Crippen LogP contribution in [-0.4, -0.2) is 50.7 Å². The average Bonchev–Trinajstić information content (AvgIpc) is 3.40. The van der Waals surface area contributed by atoms with Gasteiger partial charge in [-0.2, -0.15) is 0 Å². The number of amides is 2. The lowest BCUT2D eigenvalue weighted by Crippen LogP contribution is -2.33. The van der Waals surface area contributed by atoms with Crippen LogP contribution in [-0.2, 0) is 6.42 Å². The molecule has 0 radical (unpaired) electrons. The van der Waals surface area contributed by atoms with Crippen LogP contribution in [0.25, 0.3) is 5.52 Å². The summed E-state index contributed by atoms with van der Waals surface area (Å²) < 4.78 is 1.70. The number of imidazole rings is 1. The third kappa shape index (κ3) is 4.13. The second-order valence-electron chi connectivity index (χ2n) is 7.53. The Labute approximate surface area is 169 Å². The van der Waals surface area contributed by atoms with E-state index < -0.39 is 0 Å². The van der Waals surface area contributed by atoms with Crippen molar-refractivity contribution in [1.82, 2.24) is 24.6 Å². The van der Waals surface area contributed by atoms with Crippen molar-refractivity contribution in [2.75, 3.05) is 13.6 Å². The number of carbonyl (C=O) groups excluding carboxylic acids is 2. The minimum atomic E-state index is -0.209. The summed E-state index contributed by atoms with van der Waals surface area (Å²) in [4.78, 5) is 36.0. The van der Waals surface area contributed by atoms with Crippen LogP contribution in [0.2, 0.25) is 0 Å². The van der Waals surface area contributed by atoms with E-state index in [4.69, 9.17) is 0 Å². The predicted octanol–water partition coefficient (Wildman–Crippen LogP) is 2.72. The molecule has 1 N–H and O–H groups in total. The van der Waals surface area contributed by atoms with Gasteiger partial charge in [0.2, 0.25) is 5.82 Å². The first kappa shape index (κ1) is 19.1. The van der Waals surface area contributed by atoms with E-state index in [-0.39, 0.29) is 23.7 Å². The predicted molar refractivity (Wildman–Crippen MR) is 110 cm³/mol. The van der Waals surface area contributed by atoms with Crippen molar-refractivity contribution in [3.05, 3.63) is 66.0 Å². The van der Waals surface area contributed by atoms with Gasteiger partial charge in [0, 0.05) is 38.2 Å². The van der Waals surface area contributed by atoms with Crippen molar-refractivity contribution < 1.29 is 9.59 Å². The number of rotatable bonds is 6. The minimum absolute atomic E-state index is 0.199. The quantitative estimate of drug-likeness (QED) is 0.701. The number of hydrogen-bond donors (Lipinski definition) is 1. The standard InChI is InChI=1S/C22H25N5O2/c1-26(15-11-16-9-12-23-13-10-16)22(29)20-25-19(18-8-4-5-14-27(18)20)21(28)24-17-6-2-3-7-17/h4-5,8-10,12-14,17H,2-3,6-7,11,15H2,1H3,(H,24,28). The number of carbonyl (C=O) groups is 2. The van der Waals surface area contributed by atoms with Crippen molar-refractivity contribution in [3.63, 3.8) is 0 Å².